The average molecular weight is 477 g/mol. The van der Waals surface area contributed by atoms with Crippen LogP contribution in [0.3, 0.4) is 0 Å². The van der Waals surface area contributed by atoms with E-state index in [2.05, 4.69) is 22.3 Å². The van der Waals surface area contributed by atoms with Gasteiger partial charge in [0.05, 0.1) is 6.10 Å². The smallest absolute Gasteiger partial charge is 0.193 e. The van der Waals surface area contributed by atoms with Gasteiger partial charge in [0.2, 0.25) is 0 Å². The fourth-order valence-corrected chi connectivity index (χ4v) is 5.91. The van der Waals surface area contributed by atoms with Crippen molar-refractivity contribution in [3.8, 4) is 0 Å². The Labute approximate surface area is 175 Å². The van der Waals surface area contributed by atoms with Crippen molar-refractivity contribution >= 4 is 29.9 Å². The number of halogens is 1. The number of ether oxygens (including phenoxy) is 2. The molecule has 3 unspecified atom stereocenters. The SMILES string of the molecule is CN=C(NC1C2CCOC2C12CCCC2)N(C)CCC1CCOCC1.I. The Bertz CT molecular complexity index is 489. The molecular weight excluding hydrogens is 441 g/mol. The second-order valence-electron chi connectivity index (χ2n) is 8.62. The van der Waals surface area contributed by atoms with Crippen LogP contribution in [0, 0.1) is 17.3 Å². The number of rotatable bonds is 4. The maximum absolute atomic E-state index is 6.12. The Morgan fingerprint density at radius 3 is 2.58 bits per heavy atom. The minimum absolute atomic E-state index is 0. The standard InChI is InChI=1S/C20H35N3O2.HI/c1-21-19(23(2)11-5-15-6-12-24-13-7-15)22-17-16-8-14-25-18(16)20(17)9-3-4-10-20;/h15-18H,3-14H2,1-2H3,(H,21,22);1H. The van der Waals surface area contributed by atoms with Crippen molar-refractivity contribution in [2.75, 3.05) is 40.5 Å². The minimum Gasteiger partial charge on any atom is -0.381 e. The molecule has 1 N–H and O–H groups in total. The van der Waals surface area contributed by atoms with Crippen molar-refractivity contribution in [2.45, 2.75) is 63.5 Å². The van der Waals surface area contributed by atoms with Gasteiger partial charge in [-0.2, -0.15) is 0 Å². The maximum Gasteiger partial charge on any atom is 0.193 e. The highest BCUT2D eigenvalue weighted by atomic mass is 127. The van der Waals surface area contributed by atoms with Gasteiger partial charge in [-0.15, -0.1) is 24.0 Å². The van der Waals surface area contributed by atoms with Crippen LogP contribution in [0.15, 0.2) is 4.99 Å². The van der Waals surface area contributed by atoms with E-state index in [-0.39, 0.29) is 24.0 Å². The first kappa shape index (κ1) is 20.6. The van der Waals surface area contributed by atoms with Crippen molar-refractivity contribution in [1.82, 2.24) is 10.2 Å². The molecule has 5 nitrogen and oxygen atoms in total. The van der Waals surface area contributed by atoms with E-state index in [0.29, 0.717) is 23.5 Å². The predicted octanol–water partition coefficient (Wildman–Crippen LogP) is 3.28. The first-order chi connectivity index (χ1) is 12.2. The molecule has 0 aromatic carbocycles. The van der Waals surface area contributed by atoms with Crippen LogP contribution in [-0.4, -0.2) is 63.5 Å². The lowest BCUT2D eigenvalue weighted by Crippen LogP contribution is -2.69. The van der Waals surface area contributed by atoms with Crippen LogP contribution in [-0.2, 0) is 9.47 Å². The van der Waals surface area contributed by atoms with Crippen LogP contribution in [0.25, 0.3) is 0 Å². The second kappa shape index (κ2) is 8.95. The first-order valence-electron chi connectivity index (χ1n) is 10.4. The molecule has 4 fully saturated rings. The molecule has 2 aliphatic carbocycles. The highest BCUT2D eigenvalue weighted by Crippen LogP contribution is 2.60. The van der Waals surface area contributed by atoms with E-state index < -0.39 is 0 Å². The highest BCUT2D eigenvalue weighted by molar-refractivity contribution is 14.0. The van der Waals surface area contributed by atoms with E-state index in [1.165, 1.54) is 51.4 Å². The molecule has 0 aromatic heterocycles. The van der Waals surface area contributed by atoms with Crippen molar-refractivity contribution in [3.63, 3.8) is 0 Å². The molecule has 4 aliphatic rings. The number of guanidine groups is 1. The van der Waals surface area contributed by atoms with Crippen LogP contribution < -0.4 is 5.32 Å². The van der Waals surface area contributed by atoms with E-state index in [1.54, 1.807) is 0 Å². The Morgan fingerprint density at radius 2 is 1.88 bits per heavy atom. The lowest BCUT2D eigenvalue weighted by molar-refractivity contribution is -0.125. The third-order valence-electron chi connectivity index (χ3n) is 7.36. The third-order valence-corrected chi connectivity index (χ3v) is 7.36. The molecule has 0 radical (unpaired) electrons. The van der Waals surface area contributed by atoms with Gasteiger partial charge in [-0.05, 0) is 44.4 Å². The summed E-state index contributed by atoms with van der Waals surface area (Å²) in [6.45, 7) is 3.91. The van der Waals surface area contributed by atoms with E-state index in [0.717, 1.165) is 38.2 Å². The number of hydrogen-bond donors (Lipinski definition) is 1. The van der Waals surface area contributed by atoms with E-state index >= 15 is 0 Å². The van der Waals surface area contributed by atoms with E-state index in [4.69, 9.17) is 9.47 Å². The summed E-state index contributed by atoms with van der Waals surface area (Å²) in [6, 6.07) is 0.562. The predicted molar refractivity (Wildman–Crippen MR) is 115 cm³/mol. The molecule has 0 aromatic rings. The van der Waals surface area contributed by atoms with Crippen LogP contribution >= 0.6 is 24.0 Å². The van der Waals surface area contributed by atoms with Gasteiger partial charge in [-0.3, -0.25) is 4.99 Å². The Balaban J connectivity index is 0.00000196. The van der Waals surface area contributed by atoms with Gasteiger partial charge in [0.1, 0.15) is 0 Å². The molecule has 2 aliphatic heterocycles. The minimum atomic E-state index is 0. The van der Waals surface area contributed by atoms with Gasteiger partial charge >= 0.3 is 0 Å². The molecule has 150 valence electrons. The first-order valence-corrected chi connectivity index (χ1v) is 10.4. The quantitative estimate of drug-likeness (QED) is 0.384. The summed E-state index contributed by atoms with van der Waals surface area (Å²) in [5, 5.41) is 3.87. The summed E-state index contributed by atoms with van der Waals surface area (Å²) in [4.78, 5) is 6.94. The van der Waals surface area contributed by atoms with Gasteiger partial charge in [0.25, 0.3) is 0 Å². The molecule has 2 heterocycles. The number of nitrogens with zero attached hydrogens (tertiary/aromatic N) is 2. The number of nitrogens with one attached hydrogen (secondary N) is 1. The molecule has 26 heavy (non-hydrogen) atoms. The second-order valence-corrected chi connectivity index (χ2v) is 8.62. The Kier molecular flexibility index (Phi) is 7.11. The molecule has 0 bridgehead atoms. The van der Waals surface area contributed by atoms with E-state index in [9.17, 15) is 0 Å². The van der Waals surface area contributed by atoms with Gasteiger partial charge in [-0.25, -0.2) is 0 Å². The fraction of sp³-hybridized carbons (Fsp3) is 0.950. The Morgan fingerprint density at radius 1 is 1.15 bits per heavy atom. The summed E-state index contributed by atoms with van der Waals surface area (Å²) in [5.41, 5.74) is 0.388. The molecule has 0 amide bonds. The van der Waals surface area contributed by atoms with Crippen LogP contribution in [0.5, 0.6) is 0 Å². The lowest BCUT2D eigenvalue weighted by atomic mass is 9.54. The third kappa shape index (κ3) is 3.75. The average Bonchev–Trinajstić information content (AvgIpc) is 3.30. The Hall–Kier alpha value is -0.0800. The van der Waals surface area contributed by atoms with Crippen LogP contribution in [0.4, 0.5) is 0 Å². The lowest BCUT2D eigenvalue weighted by Gasteiger charge is -2.57. The molecule has 2 saturated carbocycles. The largest absolute Gasteiger partial charge is 0.381 e. The molecule has 2 saturated heterocycles. The molecule has 6 heteroatoms. The zero-order valence-electron chi connectivity index (χ0n) is 16.4. The van der Waals surface area contributed by atoms with Gasteiger partial charge in [-0.1, -0.05) is 12.8 Å². The van der Waals surface area contributed by atoms with Gasteiger partial charge < -0.3 is 19.7 Å². The summed E-state index contributed by atoms with van der Waals surface area (Å²) < 4.78 is 11.6. The summed E-state index contributed by atoms with van der Waals surface area (Å²) in [6.07, 6.45) is 10.8. The topological polar surface area (TPSA) is 46.1 Å². The van der Waals surface area contributed by atoms with Crippen LogP contribution in [0.1, 0.15) is 51.4 Å². The zero-order valence-corrected chi connectivity index (χ0v) is 18.7. The number of hydrogen-bond acceptors (Lipinski definition) is 3. The van der Waals surface area contributed by atoms with E-state index in [1.807, 2.05) is 7.05 Å². The number of fused-ring (bicyclic) bond motifs is 2. The van der Waals surface area contributed by atoms with Gasteiger partial charge in [0, 0.05) is 57.8 Å². The van der Waals surface area contributed by atoms with Gasteiger partial charge in [0.15, 0.2) is 5.96 Å². The molecular formula is C20H36IN3O2. The summed E-state index contributed by atoms with van der Waals surface area (Å²) >= 11 is 0. The number of aliphatic imine (C=N–C) groups is 1. The molecule has 1 spiro atoms. The molecule has 3 atom stereocenters. The highest BCUT2D eigenvalue weighted by Gasteiger charge is 2.65. The van der Waals surface area contributed by atoms with Crippen molar-refractivity contribution < 1.29 is 9.47 Å². The summed E-state index contributed by atoms with van der Waals surface area (Å²) in [7, 11) is 4.12. The molecule has 4 rings (SSSR count). The van der Waals surface area contributed by atoms with Crippen molar-refractivity contribution in [3.05, 3.63) is 0 Å². The summed E-state index contributed by atoms with van der Waals surface area (Å²) in [5.74, 6) is 2.58. The normalized spacial score (nSPS) is 33.5. The fourth-order valence-electron chi connectivity index (χ4n) is 5.91. The monoisotopic (exact) mass is 477 g/mol. The van der Waals surface area contributed by atoms with Crippen molar-refractivity contribution in [1.29, 1.82) is 0 Å². The van der Waals surface area contributed by atoms with Crippen LogP contribution in [0.2, 0.25) is 0 Å². The zero-order chi connectivity index (χ0) is 17.3. The van der Waals surface area contributed by atoms with Crippen molar-refractivity contribution in [2.24, 2.45) is 22.2 Å². The maximum atomic E-state index is 6.12.